The number of likely N-dealkylation sites (tertiary alicyclic amines) is 1. The minimum Gasteiger partial charge on any atom is -0.467 e. The summed E-state index contributed by atoms with van der Waals surface area (Å²) >= 11 is 13.1. The fourth-order valence-electron chi connectivity index (χ4n) is 2.63. The van der Waals surface area contributed by atoms with Crippen molar-refractivity contribution in [2.75, 3.05) is 6.54 Å². The van der Waals surface area contributed by atoms with Crippen molar-refractivity contribution in [2.24, 2.45) is 0 Å². The number of thiophene rings is 1. The first-order valence-corrected chi connectivity index (χ1v) is 8.69. The van der Waals surface area contributed by atoms with Crippen molar-refractivity contribution in [3.63, 3.8) is 0 Å². The molecule has 1 fully saturated rings. The van der Waals surface area contributed by atoms with E-state index in [9.17, 15) is 9.59 Å². The van der Waals surface area contributed by atoms with Crippen molar-refractivity contribution < 1.29 is 14.0 Å². The summed E-state index contributed by atoms with van der Waals surface area (Å²) < 4.78 is 5.99. The van der Waals surface area contributed by atoms with Crippen LogP contribution in [0.1, 0.15) is 29.0 Å². The van der Waals surface area contributed by atoms with Crippen LogP contribution < -0.4 is 5.32 Å². The number of nitrogens with one attached hydrogen (secondary N) is 1. The van der Waals surface area contributed by atoms with E-state index in [1.54, 1.807) is 29.4 Å². The molecule has 8 heteroatoms. The molecule has 0 spiro atoms. The molecule has 23 heavy (non-hydrogen) atoms. The average Bonchev–Trinajstić information content (AvgIpc) is 3.24. The van der Waals surface area contributed by atoms with Gasteiger partial charge in [0.25, 0.3) is 5.91 Å². The lowest BCUT2D eigenvalue weighted by Gasteiger charge is -2.23. The summed E-state index contributed by atoms with van der Waals surface area (Å²) in [4.78, 5) is 26.6. The minimum atomic E-state index is -0.493. The lowest BCUT2D eigenvalue weighted by Crippen LogP contribution is -2.45. The monoisotopic (exact) mass is 372 g/mol. The van der Waals surface area contributed by atoms with Gasteiger partial charge in [0, 0.05) is 6.54 Å². The molecule has 1 saturated heterocycles. The molecule has 0 aromatic carbocycles. The summed E-state index contributed by atoms with van der Waals surface area (Å²) in [6.07, 6.45) is 2.96. The van der Waals surface area contributed by atoms with E-state index in [1.807, 2.05) is 0 Å². The van der Waals surface area contributed by atoms with Gasteiger partial charge in [-0.05, 0) is 31.0 Å². The SMILES string of the molecule is O=C(NCc1ccco1)C1CCCN1C(=O)c1cc(Cl)sc1Cl. The molecule has 0 radical (unpaired) electrons. The van der Waals surface area contributed by atoms with Crippen LogP contribution in [0.3, 0.4) is 0 Å². The zero-order valence-electron chi connectivity index (χ0n) is 12.1. The molecule has 2 aromatic rings. The van der Waals surface area contributed by atoms with Crippen molar-refractivity contribution in [1.82, 2.24) is 10.2 Å². The summed E-state index contributed by atoms with van der Waals surface area (Å²) in [6, 6.07) is 4.60. The number of furan rings is 1. The maximum atomic E-state index is 12.6. The standard InChI is InChI=1S/C15H14Cl2N2O3S/c16-12-7-10(13(17)23-12)15(21)19-5-1-4-11(19)14(20)18-8-9-3-2-6-22-9/h2-3,6-7,11H,1,4-5,8H2,(H,18,20). The smallest absolute Gasteiger partial charge is 0.256 e. The molecule has 2 aromatic heterocycles. The second kappa shape index (κ2) is 6.95. The van der Waals surface area contributed by atoms with E-state index in [1.165, 1.54) is 0 Å². The Hall–Kier alpha value is -1.50. The third-order valence-corrected chi connectivity index (χ3v) is 5.21. The minimum absolute atomic E-state index is 0.190. The van der Waals surface area contributed by atoms with Crippen LogP contribution in [0.15, 0.2) is 28.9 Å². The highest BCUT2D eigenvalue weighted by Gasteiger charge is 2.35. The Morgan fingerprint density at radius 2 is 2.26 bits per heavy atom. The largest absolute Gasteiger partial charge is 0.467 e. The second-order valence-electron chi connectivity index (χ2n) is 5.19. The van der Waals surface area contributed by atoms with Crippen molar-refractivity contribution >= 4 is 46.4 Å². The van der Waals surface area contributed by atoms with Crippen molar-refractivity contribution in [1.29, 1.82) is 0 Å². The number of hydrogen-bond acceptors (Lipinski definition) is 4. The lowest BCUT2D eigenvalue weighted by atomic mass is 10.2. The molecule has 5 nitrogen and oxygen atoms in total. The van der Waals surface area contributed by atoms with E-state index in [4.69, 9.17) is 27.6 Å². The summed E-state index contributed by atoms with van der Waals surface area (Å²) in [5.41, 5.74) is 0.354. The molecular formula is C15H14Cl2N2O3S. The number of carbonyl (C=O) groups excluding carboxylic acids is 2. The van der Waals surface area contributed by atoms with Gasteiger partial charge in [0.15, 0.2) is 0 Å². The molecule has 122 valence electrons. The van der Waals surface area contributed by atoms with E-state index in [0.717, 1.165) is 17.8 Å². The van der Waals surface area contributed by atoms with Gasteiger partial charge in [-0.15, -0.1) is 11.3 Å². The molecular weight excluding hydrogens is 359 g/mol. The molecule has 3 rings (SSSR count). The van der Waals surface area contributed by atoms with Gasteiger partial charge in [0.1, 0.15) is 16.1 Å². The van der Waals surface area contributed by atoms with Gasteiger partial charge in [-0.1, -0.05) is 23.2 Å². The Labute approximate surface area is 147 Å². The van der Waals surface area contributed by atoms with Gasteiger partial charge in [-0.25, -0.2) is 0 Å². The van der Waals surface area contributed by atoms with E-state index in [-0.39, 0.29) is 11.8 Å². The third-order valence-electron chi connectivity index (χ3n) is 3.72. The number of amides is 2. The van der Waals surface area contributed by atoms with Crippen LogP contribution in [-0.2, 0) is 11.3 Å². The zero-order valence-corrected chi connectivity index (χ0v) is 14.4. The third kappa shape index (κ3) is 3.54. The Morgan fingerprint density at radius 3 is 2.91 bits per heavy atom. The first kappa shape index (κ1) is 16.4. The van der Waals surface area contributed by atoms with Gasteiger partial charge in [0.2, 0.25) is 5.91 Å². The molecule has 1 N–H and O–H groups in total. The molecule has 2 amide bonds. The lowest BCUT2D eigenvalue weighted by molar-refractivity contribution is -0.125. The van der Waals surface area contributed by atoms with Crippen molar-refractivity contribution in [3.8, 4) is 0 Å². The summed E-state index contributed by atoms with van der Waals surface area (Å²) in [7, 11) is 0. The number of hydrogen-bond donors (Lipinski definition) is 1. The first-order chi connectivity index (χ1) is 11.1. The number of carbonyl (C=O) groups is 2. The fraction of sp³-hybridized carbons (Fsp3) is 0.333. The average molecular weight is 373 g/mol. The van der Waals surface area contributed by atoms with Crippen LogP contribution in [-0.4, -0.2) is 29.3 Å². The van der Waals surface area contributed by atoms with Crippen LogP contribution in [0, 0.1) is 0 Å². The highest BCUT2D eigenvalue weighted by molar-refractivity contribution is 7.20. The zero-order chi connectivity index (χ0) is 16.4. The molecule has 1 atom stereocenters. The van der Waals surface area contributed by atoms with Gasteiger partial charge in [-0.3, -0.25) is 9.59 Å². The molecule has 1 aliphatic heterocycles. The maximum Gasteiger partial charge on any atom is 0.256 e. The highest BCUT2D eigenvalue weighted by Crippen LogP contribution is 2.33. The Balaban J connectivity index is 1.68. The number of nitrogens with zero attached hydrogens (tertiary/aromatic N) is 1. The van der Waals surface area contributed by atoms with Crippen molar-refractivity contribution in [3.05, 3.63) is 44.5 Å². The molecule has 0 bridgehead atoms. The van der Waals surface area contributed by atoms with Gasteiger partial charge < -0.3 is 14.6 Å². The van der Waals surface area contributed by atoms with Gasteiger partial charge in [0.05, 0.1) is 22.7 Å². The van der Waals surface area contributed by atoms with Gasteiger partial charge in [-0.2, -0.15) is 0 Å². The second-order valence-corrected chi connectivity index (χ2v) is 7.48. The predicted octanol–water partition coefficient (Wildman–Crippen LogP) is 3.57. The van der Waals surface area contributed by atoms with Crippen LogP contribution in [0.25, 0.3) is 0 Å². The number of rotatable bonds is 4. The van der Waals surface area contributed by atoms with E-state index in [2.05, 4.69) is 5.32 Å². The molecule has 3 heterocycles. The fourth-order valence-corrected chi connectivity index (χ4v) is 4.08. The van der Waals surface area contributed by atoms with Gasteiger partial charge >= 0.3 is 0 Å². The molecule has 0 aliphatic carbocycles. The van der Waals surface area contributed by atoms with E-state index < -0.39 is 6.04 Å². The quantitative estimate of drug-likeness (QED) is 0.891. The van der Waals surface area contributed by atoms with Crippen LogP contribution in [0.5, 0.6) is 0 Å². The highest BCUT2D eigenvalue weighted by atomic mass is 35.5. The van der Waals surface area contributed by atoms with Crippen molar-refractivity contribution in [2.45, 2.75) is 25.4 Å². The molecule has 1 aliphatic rings. The summed E-state index contributed by atoms with van der Waals surface area (Å²) in [5, 5.41) is 2.80. The van der Waals surface area contributed by atoms with Crippen LogP contribution >= 0.6 is 34.5 Å². The Bertz CT molecular complexity index is 714. The molecule has 1 unspecified atom stereocenters. The first-order valence-electron chi connectivity index (χ1n) is 7.12. The Morgan fingerprint density at radius 1 is 1.43 bits per heavy atom. The Kier molecular flexibility index (Phi) is 4.94. The van der Waals surface area contributed by atoms with E-state index in [0.29, 0.717) is 39.5 Å². The van der Waals surface area contributed by atoms with Crippen LogP contribution in [0.4, 0.5) is 0 Å². The summed E-state index contributed by atoms with van der Waals surface area (Å²) in [5.74, 6) is 0.223. The summed E-state index contributed by atoms with van der Waals surface area (Å²) in [6.45, 7) is 0.830. The van der Waals surface area contributed by atoms with Crippen LogP contribution in [0.2, 0.25) is 8.67 Å². The molecule has 0 saturated carbocycles. The van der Waals surface area contributed by atoms with E-state index >= 15 is 0 Å². The number of halogens is 2. The maximum absolute atomic E-state index is 12.6. The normalized spacial score (nSPS) is 17.5. The topological polar surface area (TPSA) is 62.6 Å². The predicted molar refractivity (Wildman–Crippen MR) is 89.0 cm³/mol.